The molecule has 1 heterocycles. The lowest BCUT2D eigenvalue weighted by Gasteiger charge is -2.27. The van der Waals surface area contributed by atoms with Gasteiger partial charge in [0, 0.05) is 31.7 Å². The largest absolute Gasteiger partial charge is 0.573 e. The van der Waals surface area contributed by atoms with E-state index in [-0.39, 0.29) is 17.2 Å². The quantitative estimate of drug-likeness (QED) is 0.891. The SMILES string of the molecule is O=C(c1cccc(OC(F)(F)F)c1)N1CCNCC1. The third-order valence-corrected chi connectivity index (χ3v) is 2.72. The molecule has 1 aliphatic heterocycles. The van der Waals surface area contributed by atoms with Crippen molar-refractivity contribution in [3.8, 4) is 5.75 Å². The number of nitrogens with zero attached hydrogens (tertiary/aromatic N) is 1. The van der Waals surface area contributed by atoms with Crippen molar-refractivity contribution in [3.63, 3.8) is 0 Å². The predicted molar refractivity (Wildman–Crippen MR) is 61.9 cm³/mol. The van der Waals surface area contributed by atoms with Crippen LogP contribution in [0.5, 0.6) is 5.75 Å². The van der Waals surface area contributed by atoms with E-state index >= 15 is 0 Å². The number of piperazine rings is 1. The molecule has 0 aromatic heterocycles. The van der Waals surface area contributed by atoms with E-state index in [1.165, 1.54) is 18.2 Å². The standard InChI is InChI=1S/C12H13F3N2O2/c13-12(14,15)19-10-3-1-2-9(8-10)11(18)17-6-4-16-5-7-17/h1-3,8,16H,4-7H2. The number of hydrogen-bond donors (Lipinski definition) is 1. The lowest BCUT2D eigenvalue weighted by atomic mass is 10.1. The van der Waals surface area contributed by atoms with Crippen molar-refractivity contribution in [3.05, 3.63) is 29.8 Å². The molecule has 1 aromatic carbocycles. The molecular formula is C12H13F3N2O2. The molecule has 1 amide bonds. The van der Waals surface area contributed by atoms with Gasteiger partial charge in [-0.05, 0) is 18.2 Å². The molecule has 1 fully saturated rings. The number of carbonyl (C=O) groups excluding carboxylic acids is 1. The minimum absolute atomic E-state index is 0.198. The Labute approximate surface area is 108 Å². The normalized spacial score (nSPS) is 16.3. The average Bonchev–Trinajstić information content (AvgIpc) is 2.37. The first-order valence-corrected chi connectivity index (χ1v) is 5.81. The van der Waals surface area contributed by atoms with Gasteiger partial charge in [-0.25, -0.2) is 0 Å². The van der Waals surface area contributed by atoms with Crippen LogP contribution < -0.4 is 10.1 Å². The molecule has 0 unspecified atom stereocenters. The highest BCUT2D eigenvalue weighted by Gasteiger charge is 2.31. The van der Waals surface area contributed by atoms with Crippen molar-refractivity contribution in [2.75, 3.05) is 26.2 Å². The molecule has 1 N–H and O–H groups in total. The summed E-state index contributed by atoms with van der Waals surface area (Å²) in [4.78, 5) is 13.7. The molecule has 0 atom stereocenters. The van der Waals surface area contributed by atoms with E-state index in [4.69, 9.17) is 0 Å². The van der Waals surface area contributed by atoms with Crippen LogP contribution in [0.1, 0.15) is 10.4 Å². The van der Waals surface area contributed by atoms with Crippen LogP contribution in [0.3, 0.4) is 0 Å². The summed E-state index contributed by atoms with van der Waals surface area (Å²) in [5.41, 5.74) is 0.198. The lowest BCUT2D eigenvalue weighted by molar-refractivity contribution is -0.274. The third kappa shape index (κ3) is 3.85. The van der Waals surface area contributed by atoms with E-state index < -0.39 is 6.36 Å². The molecule has 1 aromatic rings. The van der Waals surface area contributed by atoms with Crippen LogP contribution in [-0.4, -0.2) is 43.3 Å². The van der Waals surface area contributed by atoms with Gasteiger partial charge in [0.05, 0.1) is 0 Å². The van der Waals surface area contributed by atoms with E-state index in [2.05, 4.69) is 10.1 Å². The molecule has 2 rings (SSSR count). The van der Waals surface area contributed by atoms with Crippen molar-refractivity contribution in [2.45, 2.75) is 6.36 Å². The maximum absolute atomic E-state index is 12.1. The van der Waals surface area contributed by atoms with Gasteiger partial charge in [-0.15, -0.1) is 13.2 Å². The second kappa shape index (κ2) is 5.48. The summed E-state index contributed by atoms with van der Waals surface area (Å²) >= 11 is 0. The zero-order chi connectivity index (χ0) is 13.9. The van der Waals surface area contributed by atoms with Crippen LogP contribution in [0, 0.1) is 0 Å². The number of nitrogens with one attached hydrogen (secondary N) is 1. The number of hydrogen-bond acceptors (Lipinski definition) is 3. The van der Waals surface area contributed by atoms with Gasteiger partial charge in [0.1, 0.15) is 5.75 Å². The summed E-state index contributed by atoms with van der Waals surface area (Å²) in [6.07, 6.45) is -4.75. The highest BCUT2D eigenvalue weighted by Crippen LogP contribution is 2.23. The first-order chi connectivity index (χ1) is 8.96. The minimum Gasteiger partial charge on any atom is -0.406 e. The Morgan fingerprint density at radius 2 is 1.95 bits per heavy atom. The Bertz CT molecular complexity index is 457. The second-order valence-corrected chi connectivity index (χ2v) is 4.12. The average molecular weight is 274 g/mol. The van der Waals surface area contributed by atoms with E-state index in [0.717, 1.165) is 6.07 Å². The van der Waals surface area contributed by atoms with Gasteiger partial charge in [-0.1, -0.05) is 6.07 Å². The lowest BCUT2D eigenvalue weighted by Crippen LogP contribution is -2.46. The Morgan fingerprint density at radius 1 is 1.26 bits per heavy atom. The molecular weight excluding hydrogens is 261 g/mol. The third-order valence-electron chi connectivity index (χ3n) is 2.72. The van der Waals surface area contributed by atoms with Crippen LogP contribution in [0.15, 0.2) is 24.3 Å². The van der Waals surface area contributed by atoms with Crippen LogP contribution in [0.4, 0.5) is 13.2 Å². The Morgan fingerprint density at radius 3 is 2.58 bits per heavy atom. The maximum Gasteiger partial charge on any atom is 0.573 e. The zero-order valence-electron chi connectivity index (χ0n) is 10.0. The van der Waals surface area contributed by atoms with Crippen molar-refractivity contribution >= 4 is 5.91 Å². The fourth-order valence-electron chi connectivity index (χ4n) is 1.88. The van der Waals surface area contributed by atoms with Crippen LogP contribution in [0.2, 0.25) is 0 Å². The Hall–Kier alpha value is -1.76. The number of halogens is 3. The topological polar surface area (TPSA) is 41.6 Å². The molecule has 0 spiro atoms. The van der Waals surface area contributed by atoms with Crippen molar-refractivity contribution in [1.82, 2.24) is 10.2 Å². The summed E-state index contributed by atoms with van der Waals surface area (Å²) in [6.45, 7) is 2.46. The summed E-state index contributed by atoms with van der Waals surface area (Å²) in [5, 5.41) is 3.10. The fraction of sp³-hybridized carbons (Fsp3) is 0.417. The fourth-order valence-corrected chi connectivity index (χ4v) is 1.88. The molecule has 0 aliphatic carbocycles. The number of carbonyl (C=O) groups is 1. The van der Waals surface area contributed by atoms with Gasteiger partial charge in [-0.2, -0.15) is 0 Å². The number of benzene rings is 1. The first-order valence-electron chi connectivity index (χ1n) is 5.81. The van der Waals surface area contributed by atoms with Gasteiger partial charge in [0.15, 0.2) is 0 Å². The number of alkyl halides is 3. The summed E-state index contributed by atoms with van der Waals surface area (Å²) in [6, 6.07) is 5.13. The molecule has 19 heavy (non-hydrogen) atoms. The molecule has 0 bridgehead atoms. The molecule has 0 radical (unpaired) electrons. The van der Waals surface area contributed by atoms with Gasteiger partial charge >= 0.3 is 6.36 Å². The Balaban J connectivity index is 2.11. The second-order valence-electron chi connectivity index (χ2n) is 4.12. The summed E-state index contributed by atoms with van der Waals surface area (Å²) in [5.74, 6) is -0.664. The molecule has 1 aliphatic rings. The van der Waals surface area contributed by atoms with Gasteiger partial charge in [0.25, 0.3) is 5.91 Å². The van der Waals surface area contributed by atoms with Crippen molar-refractivity contribution < 1.29 is 22.7 Å². The first kappa shape index (κ1) is 13.7. The van der Waals surface area contributed by atoms with Crippen molar-refractivity contribution in [2.24, 2.45) is 0 Å². The minimum atomic E-state index is -4.75. The summed E-state index contributed by atoms with van der Waals surface area (Å²) in [7, 11) is 0. The monoisotopic (exact) mass is 274 g/mol. The molecule has 1 saturated heterocycles. The molecule has 7 heteroatoms. The van der Waals surface area contributed by atoms with Crippen LogP contribution in [-0.2, 0) is 0 Å². The van der Waals surface area contributed by atoms with Crippen molar-refractivity contribution in [1.29, 1.82) is 0 Å². The predicted octanol–water partition coefficient (Wildman–Crippen LogP) is 1.63. The maximum atomic E-state index is 12.1. The zero-order valence-corrected chi connectivity index (χ0v) is 10.0. The number of amides is 1. The number of ether oxygens (including phenoxy) is 1. The van der Waals surface area contributed by atoms with Gasteiger partial charge < -0.3 is 15.0 Å². The molecule has 4 nitrogen and oxygen atoms in total. The van der Waals surface area contributed by atoms with E-state index in [1.807, 2.05) is 0 Å². The molecule has 0 saturated carbocycles. The molecule has 104 valence electrons. The van der Waals surface area contributed by atoms with E-state index in [0.29, 0.717) is 26.2 Å². The smallest absolute Gasteiger partial charge is 0.406 e. The Kier molecular flexibility index (Phi) is 3.94. The highest BCUT2D eigenvalue weighted by atomic mass is 19.4. The van der Waals surface area contributed by atoms with Crippen LogP contribution >= 0.6 is 0 Å². The van der Waals surface area contributed by atoms with E-state index in [9.17, 15) is 18.0 Å². The highest BCUT2D eigenvalue weighted by molar-refractivity contribution is 5.94. The van der Waals surface area contributed by atoms with Crippen LogP contribution in [0.25, 0.3) is 0 Å². The van der Waals surface area contributed by atoms with Gasteiger partial charge in [0.2, 0.25) is 0 Å². The van der Waals surface area contributed by atoms with E-state index in [1.54, 1.807) is 4.90 Å². The summed E-state index contributed by atoms with van der Waals surface area (Å²) < 4.78 is 40.1. The van der Waals surface area contributed by atoms with Gasteiger partial charge in [-0.3, -0.25) is 4.79 Å². The number of rotatable bonds is 2.